The Morgan fingerprint density at radius 3 is 2.75 bits per heavy atom. The van der Waals surface area contributed by atoms with Gasteiger partial charge in [-0.3, -0.25) is 9.48 Å². The first kappa shape index (κ1) is 25.7. The number of ether oxygens (including phenoxy) is 1. The third-order valence-corrected chi connectivity index (χ3v) is 4.53. The number of carbonyl (C=O) groups is 1. The average molecular weight is 567 g/mol. The molecule has 0 radical (unpaired) electrons. The predicted octanol–water partition coefficient (Wildman–Crippen LogP) is 2.15. The van der Waals surface area contributed by atoms with Crippen molar-refractivity contribution in [1.82, 2.24) is 25.0 Å². The Kier molecular flexibility index (Phi) is 9.09. The quantitative estimate of drug-likeness (QED) is 0.249. The zero-order valence-electron chi connectivity index (χ0n) is 17.7. The van der Waals surface area contributed by atoms with Gasteiger partial charge in [0.1, 0.15) is 18.7 Å². The maximum atomic E-state index is 13.0. The highest BCUT2D eigenvalue weighted by atomic mass is 127. The summed E-state index contributed by atoms with van der Waals surface area (Å²) in [5.74, 6) is -0.0674. The molecular formula is C19H25F3IN7O2. The number of anilines is 1. The molecule has 0 spiro atoms. The maximum absolute atomic E-state index is 13.0. The minimum Gasteiger partial charge on any atom is -0.475 e. The smallest absolute Gasteiger partial charge is 0.421 e. The molecule has 0 unspecified atom stereocenters. The molecule has 1 amide bonds. The van der Waals surface area contributed by atoms with Crippen molar-refractivity contribution in [3.05, 3.63) is 36.3 Å². The number of hydrogen-bond donors (Lipinski definition) is 1. The Bertz CT molecular complexity index is 936. The van der Waals surface area contributed by atoms with Crippen molar-refractivity contribution >= 4 is 41.5 Å². The second-order valence-corrected chi connectivity index (χ2v) is 6.78. The molecule has 0 aromatic carbocycles. The fourth-order valence-electron chi connectivity index (χ4n) is 3.12. The molecule has 176 valence electrons. The lowest BCUT2D eigenvalue weighted by molar-refractivity contribution is -0.139. The van der Waals surface area contributed by atoms with E-state index in [1.54, 1.807) is 33.9 Å². The zero-order chi connectivity index (χ0) is 22.4. The number of aliphatic imine (C=N–C) groups is 1. The highest BCUT2D eigenvalue weighted by molar-refractivity contribution is 14.0. The summed E-state index contributed by atoms with van der Waals surface area (Å²) >= 11 is 0. The molecule has 1 aliphatic rings. The monoisotopic (exact) mass is 567 g/mol. The fourth-order valence-corrected chi connectivity index (χ4v) is 3.12. The van der Waals surface area contributed by atoms with Crippen LogP contribution in [0.5, 0.6) is 5.88 Å². The van der Waals surface area contributed by atoms with Gasteiger partial charge in [0.2, 0.25) is 11.8 Å². The lowest BCUT2D eigenvalue weighted by Gasteiger charge is -2.35. The minimum absolute atomic E-state index is 0. The number of carbonyl (C=O) groups excluding carboxylic acids is 1. The third-order valence-electron chi connectivity index (χ3n) is 4.53. The number of pyridine rings is 1. The van der Waals surface area contributed by atoms with Crippen LogP contribution in [0.1, 0.15) is 12.5 Å². The number of nitrogens with one attached hydrogen (secondary N) is 1. The molecule has 2 aromatic heterocycles. The normalized spacial score (nSPS) is 14.9. The van der Waals surface area contributed by atoms with Crippen LogP contribution in [-0.2, 0) is 18.0 Å². The number of rotatable bonds is 6. The predicted molar refractivity (Wildman–Crippen MR) is 123 cm³/mol. The SMILES string of the molecule is CCNC(=NCCOc1ncccc1C(F)(F)F)N1CCN(c2cnn(C)c2)C(=O)C1.I. The Hall–Kier alpha value is -2.58. The maximum Gasteiger partial charge on any atom is 0.421 e. The van der Waals surface area contributed by atoms with Gasteiger partial charge in [-0.25, -0.2) is 9.98 Å². The minimum atomic E-state index is -4.55. The Morgan fingerprint density at radius 1 is 1.34 bits per heavy atom. The van der Waals surface area contributed by atoms with Crippen LogP contribution in [0.3, 0.4) is 0 Å². The van der Waals surface area contributed by atoms with Crippen molar-refractivity contribution in [3.8, 4) is 5.88 Å². The van der Waals surface area contributed by atoms with Crippen LogP contribution in [-0.4, -0.2) is 70.9 Å². The summed E-state index contributed by atoms with van der Waals surface area (Å²) < 4.78 is 45.9. The van der Waals surface area contributed by atoms with E-state index >= 15 is 0 Å². The number of halogens is 4. The van der Waals surface area contributed by atoms with Gasteiger partial charge in [0.25, 0.3) is 0 Å². The Balaban J connectivity index is 0.00000363. The van der Waals surface area contributed by atoms with Crippen LogP contribution >= 0.6 is 24.0 Å². The Morgan fingerprint density at radius 2 is 2.12 bits per heavy atom. The van der Waals surface area contributed by atoms with Crippen LogP contribution in [0.25, 0.3) is 0 Å². The van der Waals surface area contributed by atoms with Crippen LogP contribution in [0.15, 0.2) is 35.7 Å². The van der Waals surface area contributed by atoms with Gasteiger partial charge < -0.3 is 19.9 Å². The first-order chi connectivity index (χ1) is 14.8. The summed E-state index contributed by atoms with van der Waals surface area (Å²) in [5, 5.41) is 7.19. The van der Waals surface area contributed by atoms with Gasteiger partial charge in [0.15, 0.2) is 5.96 Å². The van der Waals surface area contributed by atoms with E-state index in [0.717, 1.165) is 11.8 Å². The zero-order valence-corrected chi connectivity index (χ0v) is 20.0. The molecule has 0 atom stereocenters. The van der Waals surface area contributed by atoms with Crippen molar-refractivity contribution in [1.29, 1.82) is 0 Å². The molecule has 32 heavy (non-hydrogen) atoms. The van der Waals surface area contributed by atoms with Crippen LogP contribution < -0.4 is 15.0 Å². The van der Waals surface area contributed by atoms with E-state index < -0.39 is 17.6 Å². The molecule has 3 rings (SSSR count). The number of nitrogens with zero attached hydrogens (tertiary/aromatic N) is 6. The van der Waals surface area contributed by atoms with E-state index in [-0.39, 0.29) is 49.6 Å². The summed E-state index contributed by atoms with van der Waals surface area (Å²) in [6.07, 6.45) is 0.107. The summed E-state index contributed by atoms with van der Waals surface area (Å²) in [5.41, 5.74) is -0.193. The lowest BCUT2D eigenvalue weighted by Crippen LogP contribution is -2.55. The van der Waals surface area contributed by atoms with Gasteiger partial charge in [0, 0.05) is 39.1 Å². The van der Waals surface area contributed by atoms with Crippen molar-refractivity contribution in [2.24, 2.45) is 12.0 Å². The molecule has 1 fully saturated rings. The number of aromatic nitrogens is 3. The summed E-state index contributed by atoms with van der Waals surface area (Å²) in [4.78, 5) is 24.1. The van der Waals surface area contributed by atoms with E-state index in [1.807, 2.05) is 6.92 Å². The first-order valence-electron chi connectivity index (χ1n) is 9.77. The van der Waals surface area contributed by atoms with Crippen molar-refractivity contribution in [2.75, 3.05) is 44.2 Å². The molecule has 1 N–H and O–H groups in total. The van der Waals surface area contributed by atoms with Crippen molar-refractivity contribution in [2.45, 2.75) is 13.1 Å². The number of alkyl halides is 3. The van der Waals surface area contributed by atoms with Crippen LogP contribution in [0.4, 0.5) is 18.9 Å². The number of amides is 1. The fraction of sp³-hybridized carbons (Fsp3) is 0.474. The number of guanidine groups is 1. The molecule has 1 aliphatic heterocycles. The summed E-state index contributed by atoms with van der Waals surface area (Å²) in [6.45, 7) is 3.63. The molecule has 9 nitrogen and oxygen atoms in total. The molecule has 0 aliphatic carbocycles. The van der Waals surface area contributed by atoms with E-state index in [4.69, 9.17) is 4.74 Å². The summed E-state index contributed by atoms with van der Waals surface area (Å²) in [6, 6.07) is 2.13. The molecule has 2 aromatic rings. The van der Waals surface area contributed by atoms with Crippen LogP contribution in [0.2, 0.25) is 0 Å². The van der Waals surface area contributed by atoms with Gasteiger partial charge in [-0.15, -0.1) is 24.0 Å². The standard InChI is InChI=1S/C19H24F3N7O2.HI/c1-3-23-18(25-7-10-31-17-15(19(20,21)22)5-4-6-24-17)28-8-9-29(16(30)13-28)14-11-26-27(2)12-14;/h4-6,11-12H,3,7-10,13H2,1-2H3,(H,23,25);1H. The van der Waals surface area contributed by atoms with Crippen molar-refractivity contribution < 1.29 is 22.7 Å². The van der Waals surface area contributed by atoms with Gasteiger partial charge in [-0.2, -0.15) is 18.3 Å². The number of piperazine rings is 1. The average Bonchev–Trinajstić information content (AvgIpc) is 3.15. The molecule has 1 saturated heterocycles. The lowest BCUT2D eigenvalue weighted by atomic mass is 10.2. The molecule has 0 saturated carbocycles. The van der Waals surface area contributed by atoms with E-state index in [9.17, 15) is 18.0 Å². The topological polar surface area (TPSA) is 87.9 Å². The van der Waals surface area contributed by atoms with Gasteiger partial charge in [-0.05, 0) is 19.1 Å². The first-order valence-corrected chi connectivity index (χ1v) is 9.77. The van der Waals surface area contributed by atoms with E-state index in [0.29, 0.717) is 25.6 Å². The molecular weight excluding hydrogens is 542 g/mol. The van der Waals surface area contributed by atoms with Gasteiger partial charge in [-0.1, -0.05) is 0 Å². The number of hydrogen-bond acceptors (Lipinski definition) is 5. The van der Waals surface area contributed by atoms with E-state index in [2.05, 4.69) is 20.4 Å². The highest BCUT2D eigenvalue weighted by Gasteiger charge is 2.35. The van der Waals surface area contributed by atoms with Gasteiger partial charge >= 0.3 is 6.18 Å². The second kappa shape index (κ2) is 11.3. The molecule has 0 bridgehead atoms. The summed E-state index contributed by atoms with van der Waals surface area (Å²) in [7, 11) is 1.78. The largest absolute Gasteiger partial charge is 0.475 e. The third kappa shape index (κ3) is 6.46. The Labute approximate surface area is 200 Å². The number of aryl methyl sites for hydroxylation is 1. The highest BCUT2D eigenvalue weighted by Crippen LogP contribution is 2.34. The molecule has 3 heterocycles. The molecule has 13 heteroatoms. The van der Waals surface area contributed by atoms with E-state index in [1.165, 1.54) is 12.3 Å². The van der Waals surface area contributed by atoms with Crippen molar-refractivity contribution in [3.63, 3.8) is 0 Å². The van der Waals surface area contributed by atoms with Crippen LogP contribution in [0, 0.1) is 0 Å². The van der Waals surface area contributed by atoms with Gasteiger partial charge in [0.05, 0.1) is 18.4 Å². The second-order valence-electron chi connectivity index (χ2n) is 6.78.